The molecular weight excluding hydrogens is 924 g/mol. The highest BCUT2D eigenvalue weighted by Crippen LogP contribution is 2.38. The van der Waals surface area contributed by atoms with Crippen molar-refractivity contribution in [3.8, 4) is 0 Å². The Morgan fingerprint density at radius 3 is 0.932 bits per heavy atom. The van der Waals surface area contributed by atoms with Gasteiger partial charge in [0.1, 0.15) is 13.2 Å². The van der Waals surface area contributed by atoms with Gasteiger partial charge in [-0.15, -0.1) is 0 Å². The van der Waals surface area contributed by atoms with E-state index in [0.29, 0.717) is 23.9 Å². The second-order valence-corrected chi connectivity index (χ2v) is 25.6. The molecule has 0 radical (unpaired) electrons. The molecule has 0 spiro atoms. The van der Waals surface area contributed by atoms with Crippen LogP contribution in [-0.2, 0) is 18.4 Å². The summed E-state index contributed by atoms with van der Waals surface area (Å²) in [6.07, 6.45) is 68.8. The van der Waals surface area contributed by atoms with Gasteiger partial charge in [0.15, 0.2) is 0 Å². The van der Waals surface area contributed by atoms with Crippen LogP contribution in [0.25, 0.3) is 0 Å². The zero-order valence-electron chi connectivity index (χ0n) is 50.1. The lowest BCUT2D eigenvalue weighted by molar-refractivity contribution is -0.870. The topological polar surface area (TPSA) is 108 Å². The minimum absolute atomic E-state index is 0.0169. The van der Waals surface area contributed by atoms with Crippen LogP contribution in [0, 0.1) is 0 Å². The number of aliphatic hydroxyl groups is 1. The molecule has 0 aliphatic heterocycles. The zero-order chi connectivity index (χ0) is 53.5. The van der Waals surface area contributed by atoms with Crippen LogP contribution in [0.5, 0.6) is 0 Å². The Labute approximate surface area is 457 Å². The van der Waals surface area contributed by atoms with Crippen LogP contribution in [0.3, 0.4) is 0 Å². The number of hydrogen-bond acceptors (Lipinski definition) is 6. The molecule has 438 valence electrons. The third-order valence-electron chi connectivity index (χ3n) is 15.6. The number of nitrogens with zero attached hydrogens (tertiary/aromatic N) is 1. The van der Waals surface area contributed by atoms with E-state index < -0.39 is 20.0 Å². The van der Waals surface area contributed by atoms with Gasteiger partial charge in [-0.25, -0.2) is 0 Å². The lowest BCUT2D eigenvalue weighted by Gasteiger charge is -2.30. The van der Waals surface area contributed by atoms with Crippen molar-refractivity contribution >= 4 is 13.7 Å². The van der Waals surface area contributed by atoms with Crippen molar-refractivity contribution in [2.24, 2.45) is 0 Å². The van der Waals surface area contributed by atoms with Crippen molar-refractivity contribution in [2.75, 3.05) is 40.9 Å². The van der Waals surface area contributed by atoms with Crippen LogP contribution in [0.2, 0.25) is 0 Å². The quantitative estimate of drug-likeness (QED) is 0.0357. The van der Waals surface area contributed by atoms with Crippen LogP contribution in [-0.4, -0.2) is 68.5 Å². The maximum absolute atomic E-state index is 13.0. The van der Waals surface area contributed by atoms with E-state index in [9.17, 15) is 19.4 Å². The van der Waals surface area contributed by atoms with E-state index in [1.54, 1.807) is 0 Å². The highest BCUT2D eigenvalue weighted by atomic mass is 31.2. The van der Waals surface area contributed by atoms with Gasteiger partial charge in [0.25, 0.3) is 7.82 Å². The molecule has 0 rings (SSSR count). The number of carbonyl (C=O) groups is 1. The molecule has 0 aromatic heterocycles. The minimum Gasteiger partial charge on any atom is -0.756 e. The van der Waals surface area contributed by atoms with Crippen LogP contribution in [0.15, 0.2) is 0 Å². The maximum atomic E-state index is 13.0. The second kappa shape index (κ2) is 56.2. The summed E-state index contributed by atoms with van der Waals surface area (Å²) in [4.78, 5) is 25.6. The molecule has 0 fully saturated rings. The molecule has 0 saturated carbocycles. The number of rotatable bonds is 62. The van der Waals surface area contributed by atoms with E-state index >= 15 is 0 Å². The molecule has 3 unspecified atom stereocenters. The van der Waals surface area contributed by atoms with Gasteiger partial charge in [0.2, 0.25) is 5.91 Å². The highest BCUT2D eigenvalue weighted by molar-refractivity contribution is 7.45. The van der Waals surface area contributed by atoms with Crippen LogP contribution < -0.4 is 10.2 Å². The van der Waals surface area contributed by atoms with Crippen molar-refractivity contribution < 1.29 is 32.9 Å². The smallest absolute Gasteiger partial charge is 0.268 e. The fourth-order valence-electron chi connectivity index (χ4n) is 10.5. The summed E-state index contributed by atoms with van der Waals surface area (Å²) in [6.45, 7) is 4.80. The average molecular weight is 1060 g/mol. The first-order valence-corrected chi connectivity index (χ1v) is 34.3. The molecule has 0 aromatic carbocycles. The molecule has 73 heavy (non-hydrogen) atoms. The van der Waals surface area contributed by atoms with E-state index in [2.05, 4.69) is 19.2 Å². The van der Waals surface area contributed by atoms with Gasteiger partial charge in [-0.3, -0.25) is 9.36 Å². The molecule has 0 aliphatic rings. The number of quaternary nitrogens is 1. The minimum atomic E-state index is -4.57. The van der Waals surface area contributed by atoms with Crippen LogP contribution in [0.4, 0.5) is 0 Å². The number of aliphatic hydroxyl groups excluding tert-OH is 1. The van der Waals surface area contributed by atoms with E-state index in [0.717, 1.165) is 38.5 Å². The number of amides is 1. The van der Waals surface area contributed by atoms with Gasteiger partial charge in [-0.1, -0.05) is 335 Å². The highest BCUT2D eigenvalue weighted by Gasteiger charge is 2.24. The molecule has 2 N–H and O–H groups in total. The summed E-state index contributed by atoms with van der Waals surface area (Å²) >= 11 is 0. The first-order chi connectivity index (χ1) is 35.5. The Bertz CT molecular complexity index is 1150. The number of nitrogens with one attached hydrogen (secondary N) is 1. The van der Waals surface area contributed by atoms with Crippen LogP contribution in [0.1, 0.15) is 354 Å². The fraction of sp³-hybridized carbons (Fsp3) is 0.984. The standard InChI is InChI=1S/C64H131N2O6P/c1-6-8-10-12-14-16-18-20-22-24-26-28-30-32-33-34-36-38-40-42-44-46-48-50-52-54-56-58-64(68)65-62(61-72-73(69,70)71-60-59-66(3,4)5)63(67)57-55-53-51-49-47-45-43-41-39-37-35-31-29-27-25-23-21-19-17-15-13-11-9-7-2/h62-63,67H,6-61H2,1-5H3,(H-,65,68,69,70). The zero-order valence-corrected chi connectivity index (χ0v) is 51.0. The Balaban J connectivity index is 4.03. The fourth-order valence-corrected chi connectivity index (χ4v) is 11.2. The predicted octanol–water partition coefficient (Wildman–Crippen LogP) is 19.8. The number of unbranched alkanes of at least 4 members (excludes halogenated alkanes) is 49. The SMILES string of the molecule is CCCCCCCCCCCCCCCCCCCCCCCCCCCCCC(=O)NC(COP(=O)([O-])OCC[N+](C)(C)C)C(O)CCCCCCCCCCCCCCCCCCCCCCCCCC. The van der Waals surface area contributed by atoms with Crippen molar-refractivity contribution in [1.82, 2.24) is 5.32 Å². The average Bonchev–Trinajstić information content (AvgIpc) is 3.35. The third kappa shape index (κ3) is 59.0. The number of phosphoric acid groups is 1. The van der Waals surface area contributed by atoms with Gasteiger partial charge in [0.05, 0.1) is 39.9 Å². The molecule has 9 heteroatoms. The molecule has 1 amide bonds. The third-order valence-corrected chi connectivity index (χ3v) is 16.6. The Morgan fingerprint density at radius 1 is 0.425 bits per heavy atom. The second-order valence-electron chi connectivity index (χ2n) is 24.2. The number of phosphoric ester groups is 1. The Hall–Kier alpha value is -0.500. The number of carbonyl (C=O) groups excluding carboxylic acids is 1. The van der Waals surface area contributed by atoms with Gasteiger partial charge in [-0.05, 0) is 12.8 Å². The van der Waals surface area contributed by atoms with Crippen molar-refractivity contribution in [3.63, 3.8) is 0 Å². The van der Waals surface area contributed by atoms with Gasteiger partial charge in [0, 0.05) is 6.42 Å². The van der Waals surface area contributed by atoms with Gasteiger partial charge < -0.3 is 28.8 Å². The molecule has 8 nitrogen and oxygen atoms in total. The molecule has 0 bridgehead atoms. The maximum Gasteiger partial charge on any atom is 0.268 e. The molecule has 3 atom stereocenters. The van der Waals surface area contributed by atoms with Crippen molar-refractivity contribution in [1.29, 1.82) is 0 Å². The molecule has 0 saturated heterocycles. The first-order valence-electron chi connectivity index (χ1n) is 32.9. The van der Waals surface area contributed by atoms with E-state index in [1.165, 1.54) is 289 Å². The predicted molar refractivity (Wildman–Crippen MR) is 316 cm³/mol. The lowest BCUT2D eigenvalue weighted by Crippen LogP contribution is -2.46. The summed E-state index contributed by atoms with van der Waals surface area (Å²) in [5, 5.41) is 14.1. The summed E-state index contributed by atoms with van der Waals surface area (Å²) in [7, 11) is 1.33. The van der Waals surface area contributed by atoms with E-state index in [-0.39, 0.29) is 19.1 Å². The lowest BCUT2D eigenvalue weighted by atomic mass is 10.0. The van der Waals surface area contributed by atoms with E-state index in [4.69, 9.17) is 9.05 Å². The summed E-state index contributed by atoms with van der Waals surface area (Å²) in [6, 6.07) is -0.796. The molecule has 0 aromatic rings. The van der Waals surface area contributed by atoms with Crippen molar-refractivity contribution in [2.45, 2.75) is 366 Å². The van der Waals surface area contributed by atoms with Crippen molar-refractivity contribution in [3.05, 3.63) is 0 Å². The van der Waals surface area contributed by atoms with E-state index in [1.807, 2.05) is 21.1 Å². The number of hydrogen-bond donors (Lipinski definition) is 2. The number of likely N-dealkylation sites (N-methyl/N-ethyl adjacent to an activating group) is 1. The largest absolute Gasteiger partial charge is 0.756 e. The first kappa shape index (κ1) is 72.5. The monoisotopic (exact) mass is 1050 g/mol. The summed E-state index contributed by atoms with van der Waals surface area (Å²) in [5.41, 5.74) is 0. The van der Waals surface area contributed by atoms with Gasteiger partial charge in [-0.2, -0.15) is 0 Å². The Morgan fingerprint density at radius 2 is 0.671 bits per heavy atom. The molecule has 0 heterocycles. The Kier molecular flexibility index (Phi) is 55.8. The normalized spacial score (nSPS) is 13.7. The summed E-state index contributed by atoms with van der Waals surface area (Å²) < 4.78 is 23.5. The molecular formula is C64H131N2O6P. The summed E-state index contributed by atoms with van der Waals surface area (Å²) in [5.74, 6) is -0.154. The van der Waals surface area contributed by atoms with Gasteiger partial charge >= 0.3 is 0 Å². The molecule has 0 aliphatic carbocycles. The van der Waals surface area contributed by atoms with Crippen LogP contribution >= 0.6 is 7.82 Å².